The van der Waals surface area contributed by atoms with Crippen molar-refractivity contribution in [2.24, 2.45) is 0 Å². The number of nitrogens with one attached hydrogen (secondary N) is 1. The fourth-order valence-corrected chi connectivity index (χ4v) is 5.50. The molecule has 31 heavy (non-hydrogen) atoms. The van der Waals surface area contributed by atoms with Gasteiger partial charge in [-0.2, -0.15) is 4.31 Å². The summed E-state index contributed by atoms with van der Waals surface area (Å²) in [5, 5.41) is 3.04. The Morgan fingerprint density at radius 2 is 1.68 bits per heavy atom. The van der Waals surface area contributed by atoms with Gasteiger partial charge in [0, 0.05) is 25.6 Å². The molecule has 168 valence electrons. The van der Waals surface area contributed by atoms with Crippen molar-refractivity contribution in [3.8, 4) is 5.75 Å². The van der Waals surface area contributed by atoms with E-state index in [0.29, 0.717) is 50.3 Å². The van der Waals surface area contributed by atoms with Crippen LogP contribution in [0.15, 0.2) is 47.4 Å². The van der Waals surface area contributed by atoms with E-state index in [0.717, 1.165) is 16.9 Å². The average Bonchev–Trinajstić information content (AvgIpc) is 2.74. The lowest BCUT2D eigenvalue weighted by Crippen LogP contribution is -2.46. The van der Waals surface area contributed by atoms with Crippen molar-refractivity contribution in [1.82, 2.24) is 9.62 Å². The summed E-state index contributed by atoms with van der Waals surface area (Å²) in [6, 6.07) is 13.3. The van der Waals surface area contributed by atoms with E-state index in [1.807, 2.05) is 57.2 Å². The van der Waals surface area contributed by atoms with Gasteiger partial charge in [-0.1, -0.05) is 29.8 Å². The van der Waals surface area contributed by atoms with Crippen LogP contribution >= 0.6 is 0 Å². The summed E-state index contributed by atoms with van der Waals surface area (Å²) < 4.78 is 33.2. The van der Waals surface area contributed by atoms with Crippen LogP contribution in [-0.2, 0) is 14.8 Å². The third-order valence-corrected chi connectivity index (χ3v) is 7.66. The third-order valence-electron chi connectivity index (χ3n) is 5.62. The SMILES string of the molecule is Cc1ccc(OCCCC(=O)NC2CCN(S(=O)(=O)c3cc(C)ccc3C)CC2)cc1. The molecular weight excluding hydrogens is 412 g/mol. The Hall–Kier alpha value is -2.38. The van der Waals surface area contributed by atoms with Gasteiger partial charge in [-0.3, -0.25) is 4.79 Å². The summed E-state index contributed by atoms with van der Waals surface area (Å²) in [4.78, 5) is 12.6. The number of carbonyl (C=O) groups is 1. The van der Waals surface area contributed by atoms with Crippen LogP contribution in [0.25, 0.3) is 0 Å². The van der Waals surface area contributed by atoms with Gasteiger partial charge in [0.05, 0.1) is 11.5 Å². The Labute approximate surface area is 185 Å². The zero-order chi connectivity index (χ0) is 22.4. The molecule has 1 amide bonds. The van der Waals surface area contributed by atoms with Crippen LogP contribution in [0.3, 0.4) is 0 Å². The summed E-state index contributed by atoms with van der Waals surface area (Å²) in [6.45, 7) is 7.06. The van der Waals surface area contributed by atoms with E-state index in [9.17, 15) is 13.2 Å². The van der Waals surface area contributed by atoms with Crippen LogP contribution in [0.4, 0.5) is 0 Å². The molecule has 1 saturated heterocycles. The number of nitrogens with zero attached hydrogens (tertiary/aromatic N) is 1. The van der Waals surface area contributed by atoms with E-state index in [-0.39, 0.29) is 11.9 Å². The maximum atomic E-state index is 13.0. The number of hydrogen-bond acceptors (Lipinski definition) is 4. The first-order chi connectivity index (χ1) is 14.8. The number of benzene rings is 2. The molecule has 1 fully saturated rings. The minimum atomic E-state index is -3.51. The number of rotatable bonds is 8. The molecule has 0 saturated carbocycles. The Bertz CT molecular complexity index is 995. The van der Waals surface area contributed by atoms with Gasteiger partial charge in [0.25, 0.3) is 0 Å². The van der Waals surface area contributed by atoms with Crippen LogP contribution in [-0.4, -0.2) is 44.4 Å². The number of amides is 1. The molecule has 0 spiro atoms. The molecule has 1 N–H and O–H groups in total. The van der Waals surface area contributed by atoms with Gasteiger partial charge in [0.1, 0.15) is 5.75 Å². The van der Waals surface area contributed by atoms with Crippen LogP contribution in [0, 0.1) is 20.8 Å². The lowest BCUT2D eigenvalue weighted by Gasteiger charge is -2.32. The van der Waals surface area contributed by atoms with Gasteiger partial charge >= 0.3 is 0 Å². The Morgan fingerprint density at radius 3 is 2.35 bits per heavy atom. The monoisotopic (exact) mass is 444 g/mol. The molecule has 0 aromatic heterocycles. The minimum absolute atomic E-state index is 0.00979. The van der Waals surface area contributed by atoms with Crippen LogP contribution < -0.4 is 10.1 Å². The lowest BCUT2D eigenvalue weighted by atomic mass is 10.1. The average molecular weight is 445 g/mol. The smallest absolute Gasteiger partial charge is 0.243 e. The first-order valence-electron chi connectivity index (χ1n) is 10.8. The summed E-state index contributed by atoms with van der Waals surface area (Å²) in [7, 11) is -3.51. The normalized spacial score (nSPS) is 15.6. The van der Waals surface area contributed by atoms with E-state index in [2.05, 4.69) is 5.32 Å². The molecule has 1 aliphatic heterocycles. The first-order valence-corrected chi connectivity index (χ1v) is 12.3. The Morgan fingerprint density at radius 1 is 1.03 bits per heavy atom. The van der Waals surface area contributed by atoms with Gasteiger partial charge in [-0.15, -0.1) is 0 Å². The quantitative estimate of drug-likeness (QED) is 0.630. The highest BCUT2D eigenvalue weighted by Crippen LogP contribution is 2.24. The molecule has 0 atom stereocenters. The highest BCUT2D eigenvalue weighted by atomic mass is 32.2. The molecular formula is C24H32N2O4S. The molecule has 7 heteroatoms. The molecule has 1 aliphatic rings. The number of piperidine rings is 1. The van der Waals surface area contributed by atoms with Crippen molar-refractivity contribution in [1.29, 1.82) is 0 Å². The first kappa shape index (κ1) is 23.3. The molecule has 0 bridgehead atoms. The van der Waals surface area contributed by atoms with Gasteiger partial charge in [-0.25, -0.2) is 8.42 Å². The summed E-state index contributed by atoms with van der Waals surface area (Å²) in [5.41, 5.74) is 2.87. The maximum absolute atomic E-state index is 13.0. The van der Waals surface area contributed by atoms with E-state index in [4.69, 9.17) is 4.74 Å². The molecule has 2 aromatic carbocycles. The molecule has 1 heterocycles. The number of carbonyl (C=O) groups excluding carboxylic acids is 1. The second kappa shape index (κ2) is 10.3. The zero-order valence-corrected chi connectivity index (χ0v) is 19.4. The van der Waals surface area contributed by atoms with Crippen molar-refractivity contribution in [2.45, 2.75) is 57.4 Å². The van der Waals surface area contributed by atoms with Gasteiger partial charge in [-0.05, 0) is 69.4 Å². The second-order valence-electron chi connectivity index (χ2n) is 8.28. The summed E-state index contributed by atoms with van der Waals surface area (Å²) in [5.74, 6) is 0.798. The Kier molecular flexibility index (Phi) is 7.73. The number of ether oxygens (including phenoxy) is 1. The predicted octanol–water partition coefficient (Wildman–Crippen LogP) is 3.74. The van der Waals surface area contributed by atoms with E-state index >= 15 is 0 Å². The highest BCUT2D eigenvalue weighted by molar-refractivity contribution is 7.89. The Balaban J connectivity index is 1.41. The molecule has 0 unspecified atom stereocenters. The molecule has 0 radical (unpaired) electrons. The molecule has 3 rings (SSSR count). The molecule has 0 aliphatic carbocycles. The van der Waals surface area contributed by atoms with Crippen molar-refractivity contribution in [3.05, 3.63) is 59.2 Å². The highest BCUT2D eigenvalue weighted by Gasteiger charge is 2.30. The largest absolute Gasteiger partial charge is 0.494 e. The molecule has 2 aromatic rings. The van der Waals surface area contributed by atoms with Gasteiger partial charge in [0.2, 0.25) is 15.9 Å². The standard InChI is InChI=1S/C24H32N2O4S/c1-18-7-10-22(11-8-18)30-16-4-5-24(27)25-21-12-14-26(15-13-21)31(28,29)23-17-19(2)6-9-20(23)3/h6-11,17,21H,4-5,12-16H2,1-3H3,(H,25,27). The molecule has 6 nitrogen and oxygen atoms in total. The van der Waals surface area contributed by atoms with Crippen molar-refractivity contribution in [2.75, 3.05) is 19.7 Å². The van der Waals surface area contributed by atoms with E-state index in [1.165, 1.54) is 9.87 Å². The minimum Gasteiger partial charge on any atom is -0.494 e. The zero-order valence-electron chi connectivity index (χ0n) is 18.6. The van der Waals surface area contributed by atoms with Crippen LogP contribution in [0.1, 0.15) is 42.4 Å². The fraction of sp³-hybridized carbons (Fsp3) is 0.458. The summed E-state index contributed by atoms with van der Waals surface area (Å²) >= 11 is 0. The number of hydrogen-bond donors (Lipinski definition) is 1. The third kappa shape index (κ3) is 6.31. The van der Waals surface area contributed by atoms with Gasteiger partial charge in [0.15, 0.2) is 0 Å². The van der Waals surface area contributed by atoms with Crippen molar-refractivity contribution >= 4 is 15.9 Å². The van der Waals surface area contributed by atoms with Crippen molar-refractivity contribution in [3.63, 3.8) is 0 Å². The van der Waals surface area contributed by atoms with Gasteiger partial charge < -0.3 is 10.1 Å². The lowest BCUT2D eigenvalue weighted by molar-refractivity contribution is -0.122. The van der Waals surface area contributed by atoms with Crippen molar-refractivity contribution < 1.29 is 17.9 Å². The summed E-state index contributed by atoms with van der Waals surface area (Å²) in [6.07, 6.45) is 2.28. The fourth-order valence-electron chi connectivity index (χ4n) is 3.72. The number of sulfonamides is 1. The second-order valence-corrected chi connectivity index (χ2v) is 10.2. The van der Waals surface area contributed by atoms with Crippen LogP contribution in [0.5, 0.6) is 5.75 Å². The maximum Gasteiger partial charge on any atom is 0.243 e. The topological polar surface area (TPSA) is 75.7 Å². The predicted molar refractivity (Wildman–Crippen MR) is 122 cm³/mol. The van der Waals surface area contributed by atoms with Crippen LogP contribution in [0.2, 0.25) is 0 Å². The van der Waals surface area contributed by atoms with E-state index in [1.54, 1.807) is 6.07 Å². The van der Waals surface area contributed by atoms with E-state index < -0.39 is 10.0 Å². The number of aryl methyl sites for hydroxylation is 3.